The number of amides is 2. The molecule has 42 heavy (non-hydrogen) atoms. The summed E-state index contributed by atoms with van der Waals surface area (Å²) in [4.78, 5) is 45.1. The average molecular weight is 566 g/mol. The predicted molar refractivity (Wildman–Crippen MR) is 164 cm³/mol. The summed E-state index contributed by atoms with van der Waals surface area (Å²) >= 11 is 0. The molecule has 0 saturated carbocycles. The molecular formula is C33H35N5O4. The van der Waals surface area contributed by atoms with Gasteiger partial charge in [-0.1, -0.05) is 36.4 Å². The van der Waals surface area contributed by atoms with Crippen LogP contribution in [0.3, 0.4) is 0 Å². The molecule has 0 aromatic heterocycles. The Kier molecular flexibility index (Phi) is 7.78. The number of fused-ring (bicyclic) bond motifs is 2. The molecule has 6 rings (SSSR count). The van der Waals surface area contributed by atoms with Crippen molar-refractivity contribution in [1.29, 1.82) is 0 Å². The van der Waals surface area contributed by atoms with Crippen molar-refractivity contribution < 1.29 is 19.1 Å². The van der Waals surface area contributed by atoms with Crippen molar-refractivity contribution in [3.63, 3.8) is 0 Å². The van der Waals surface area contributed by atoms with Gasteiger partial charge in [0.05, 0.1) is 29.6 Å². The molecule has 216 valence electrons. The van der Waals surface area contributed by atoms with Gasteiger partial charge in [-0.15, -0.1) is 0 Å². The summed E-state index contributed by atoms with van der Waals surface area (Å²) < 4.78 is 4.84. The number of nitrogens with one attached hydrogen (secondary N) is 2. The van der Waals surface area contributed by atoms with Gasteiger partial charge >= 0.3 is 5.97 Å². The first kappa shape index (κ1) is 27.7. The number of likely N-dealkylation sites (N-methyl/N-ethyl adjacent to an activating group) is 1. The minimum atomic E-state index is -0.462. The van der Waals surface area contributed by atoms with Crippen molar-refractivity contribution in [1.82, 2.24) is 9.80 Å². The maximum absolute atomic E-state index is 13.3. The molecule has 2 amide bonds. The lowest BCUT2D eigenvalue weighted by Gasteiger charge is -2.32. The second kappa shape index (κ2) is 11.8. The number of benzene rings is 3. The van der Waals surface area contributed by atoms with Gasteiger partial charge in [0.2, 0.25) is 5.91 Å². The van der Waals surface area contributed by atoms with E-state index in [2.05, 4.69) is 33.5 Å². The first-order chi connectivity index (χ1) is 20.4. The van der Waals surface area contributed by atoms with Crippen LogP contribution in [0.4, 0.5) is 17.1 Å². The Morgan fingerprint density at radius 2 is 1.71 bits per heavy atom. The number of rotatable bonds is 7. The molecule has 3 aromatic rings. The van der Waals surface area contributed by atoms with Crippen molar-refractivity contribution in [2.24, 2.45) is 0 Å². The summed E-state index contributed by atoms with van der Waals surface area (Å²) in [6.07, 6.45) is 1.29. The first-order valence-electron chi connectivity index (χ1n) is 14.4. The number of hydrogen-bond acceptors (Lipinski definition) is 7. The highest BCUT2D eigenvalue weighted by Crippen LogP contribution is 2.39. The molecule has 0 atom stereocenters. The van der Waals surface area contributed by atoms with Crippen molar-refractivity contribution >= 4 is 46.1 Å². The maximum Gasteiger partial charge on any atom is 0.337 e. The van der Waals surface area contributed by atoms with E-state index < -0.39 is 5.97 Å². The molecule has 9 nitrogen and oxygen atoms in total. The van der Waals surface area contributed by atoms with E-state index in [-0.39, 0.29) is 11.8 Å². The largest absolute Gasteiger partial charge is 0.465 e. The number of hydrogen-bond donors (Lipinski definition) is 2. The molecule has 0 radical (unpaired) electrons. The van der Waals surface area contributed by atoms with Crippen molar-refractivity contribution in [3.05, 3.63) is 89.0 Å². The molecule has 0 spiro atoms. The SMILES string of the molecule is COC(=O)c1ccc2c(c1)NC(=O)/C2=C(\Nc1ccc2c(c1)CCN2C(=O)CCN1CCN(C)CC1)c1ccccc1. The predicted octanol–water partition coefficient (Wildman–Crippen LogP) is 3.93. The minimum absolute atomic E-state index is 0.158. The van der Waals surface area contributed by atoms with E-state index in [0.717, 1.165) is 61.6 Å². The number of anilines is 3. The lowest BCUT2D eigenvalue weighted by atomic mass is 9.99. The topological polar surface area (TPSA) is 94.2 Å². The second-order valence-corrected chi connectivity index (χ2v) is 11.0. The maximum atomic E-state index is 13.3. The quantitative estimate of drug-likeness (QED) is 0.331. The second-order valence-electron chi connectivity index (χ2n) is 11.0. The van der Waals surface area contributed by atoms with Crippen LogP contribution >= 0.6 is 0 Å². The van der Waals surface area contributed by atoms with Gasteiger partial charge in [0.15, 0.2) is 0 Å². The first-order valence-corrected chi connectivity index (χ1v) is 14.4. The van der Waals surface area contributed by atoms with Crippen molar-refractivity contribution in [2.45, 2.75) is 12.8 Å². The Morgan fingerprint density at radius 1 is 0.929 bits per heavy atom. The van der Waals surface area contributed by atoms with Crippen LogP contribution in [0, 0.1) is 0 Å². The number of nitrogens with zero attached hydrogens (tertiary/aromatic N) is 3. The summed E-state index contributed by atoms with van der Waals surface area (Å²) in [6, 6.07) is 20.8. The third-order valence-corrected chi connectivity index (χ3v) is 8.28. The molecule has 0 aliphatic carbocycles. The van der Waals surface area contributed by atoms with E-state index in [0.29, 0.717) is 41.1 Å². The fourth-order valence-corrected chi connectivity index (χ4v) is 5.89. The minimum Gasteiger partial charge on any atom is -0.465 e. The number of esters is 1. The van der Waals surface area contributed by atoms with Crippen LogP contribution in [0.25, 0.3) is 11.3 Å². The summed E-state index contributed by atoms with van der Waals surface area (Å²) in [5, 5.41) is 6.42. The molecule has 1 fully saturated rings. The fraction of sp³-hybridized carbons (Fsp3) is 0.303. The summed E-state index contributed by atoms with van der Waals surface area (Å²) in [5.41, 5.74) is 6.54. The van der Waals surface area contributed by atoms with E-state index in [1.807, 2.05) is 47.4 Å². The Balaban J connectivity index is 1.25. The molecule has 9 heteroatoms. The Bertz CT molecular complexity index is 1560. The normalized spacial score (nSPS) is 17.9. The monoisotopic (exact) mass is 565 g/mol. The highest BCUT2D eigenvalue weighted by atomic mass is 16.5. The molecule has 3 heterocycles. The molecule has 1 saturated heterocycles. The third-order valence-electron chi connectivity index (χ3n) is 8.28. The summed E-state index contributed by atoms with van der Waals surface area (Å²) in [7, 11) is 3.47. The van der Waals surface area contributed by atoms with Gasteiger partial charge in [-0.3, -0.25) is 9.59 Å². The third kappa shape index (κ3) is 5.53. The Morgan fingerprint density at radius 3 is 2.48 bits per heavy atom. The highest BCUT2D eigenvalue weighted by Gasteiger charge is 2.30. The molecule has 3 aliphatic heterocycles. The zero-order chi connectivity index (χ0) is 29.2. The number of methoxy groups -OCH3 is 1. The number of carbonyl (C=O) groups excluding carboxylic acids is 3. The standard InChI is InChI=1S/C33H35N5O4/c1-36-16-18-37(19-17-36)14-13-29(39)38-15-12-23-20-25(9-11-28(23)38)34-31(22-6-4-3-5-7-22)30-26-10-8-24(33(41)42-2)21-27(26)35-32(30)40/h3-11,20-21,34H,12-19H2,1-2H3,(H,35,40)/b31-30-. The van der Waals surface area contributed by atoms with Crippen molar-refractivity contribution in [2.75, 3.05) is 69.0 Å². The molecule has 0 unspecified atom stereocenters. The van der Waals surface area contributed by atoms with Gasteiger partial charge in [0, 0.05) is 62.6 Å². The Labute approximate surface area is 245 Å². The van der Waals surface area contributed by atoms with Gasteiger partial charge in [-0.2, -0.15) is 0 Å². The highest BCUT2D eigenvalue weighted by molar-refractivity contribution is 6.37. The van der Waals surface area contributed by atoms with Crippen LogP contribution in [0.2, 0.25) is 0 Å². The van der Waals surface area contributed by atoms with Gasteiger partial charge in [0.1, 0.15) is 0 Å². The van der Waals surface area contributed by atoms with E-state index in [9.17, 15) is 14.4 Å². The lowest BCUT2D eigenvalue weighted by molar-refractivity contribution is -0.119. The van der Waals surface area contributed by atoms with E-state index in [4.69, 9.17) is 4.74 Å². The van der Waals surface area contributed by atoms with Crippen LogP contribution < -0.4 is 15.5 Å². The summed E-state index contributed by atoms with van der Waals surface area (Å²) in [5.74, 6) is -0.557. The number of carbonyl (C=O) groups is 3. The van der Waals surface area contributed by atoms with Gasteiger partial charge in [-0.25, -0.2) is 4.79 Å². The van der Waals surface area contributed by atoms with Crippen LogP contribution in [-0.4, -0.2) is 81.0 Å². The molecular weight excluding hydrogens is 530 g/mol. The van der Waals surface area contributed by atoms with Crippen LogP contribution in [-0.2, 0) is 20.7 Å². The molecule has 2 N–H and O–H groups in total. The van der Waals surface area contributed by atoms with Gasteiger partial charge in [0.25, 0.3) is 5.91 Å². The molecule has 3 aromatic carbocycles. The Hall–Kier alpha value is -4.47. The van der Waals surface area contributed by atoms with E-state index in [1.54, 1.807) is 18.2 Å². The number of ether oxygens (including phenoxy) is 1. The fourth-order valence-electron chi connectivity index (χ4n) is 5.89. The number of piperazine rings is 1. The van der Waals surface area contributed by atoms with Gasteiger partial charge < -0.3 is 30.1 Å². The summed E-state index contributed by atoms with van der Waals surface area (Å²) in [6.45, 7) is 5.55. The molecule has 3 aliphatic rings. The van der Waals surface area contributed by atoms with Crippen molar-refractivity contribution in [3.8, 4) is 0 Å². The lowest BCUT2D eigenvalue weighted by Crippen LogP contribution is -2.45. The molecule has 0 bridgehead atoms. The van der Waals surface area contributed by atoms with Crippen LogP contribution in [0.1, 0.15) is 33.5 Å². The van der Waals surface area contributed by atoms with Crippen LogP contribution in [0.15, 0.2) is 66.7 Å². The zero-order valence-corrected chi connectivity index (χ0v) is 24.0. The smallest absolute Gasteiger partial charge is 0.337 e. The van der Waals surface area contributed by atoms with E-state index in [1.165, 1.54) is 7.11 Å². The average Bonchev–Trinajstić information content (AvgIpc) is 3.59. The zero-order valence-electron chi connectivity index (χ0n) is 24.0. The van der Waals surface area contributed by atoms with E-state index >= 15 is 0 Å². The van der Waals surface area contributed by atoms with Crippen LogP contribution in [0.5, 0.6) is 0 Å². The van der Waals surface area contributed by atoms with Gasteiger partial charge in [-0.05, 0) is 54.9 Å².